The first kappa shape index (κ1) is 14.7. The Bertz CT molecular complexity index is 463. The third-order valence-electron chi connectivity index (χ3n) is 2.17. The van der Waals surface area contributed by atoms with Crippen molar-refractivity contribution < 1.29 is 14.4 Å². The first-order valence-corrected chi connectivity index (χ1v) is 5.67. The average molecular weight is 261 g/mol. The molecule has 0 saturated heterocycles. The summed E-state index contributed by atoms with van der Waals surface area (Å²) >= 11 is 0. The molecular weight excluding hydrogens is 246 g/mol. The first-order chi connectivity index (χ1) is 9.27. The molecule has 1 aromatic carbocycles. The fourth-order valence-corrected chi connectivity index (χ4v) is 1.24. The molecule has 19 heavy (non-hydrogen) atoms. The van der Waals surface area contributed by atoms with Crippen LogP contribution in [0.15, 0.2) is 29.4 Å². The maximum absolute atomic E-state index is 11.7. The van der Waals surface area contributed by atoms with Crippen molar-refractivity contribution in [3.8, 4) is 6.07 Å². The number of nitrogens with zero attached hydrogens (tertiary/aromatic N) is 2. The topological polar surface area (TPSA) is 83.7 Å². The van der Waals surface area contributed by atoms with Crippen LogP contribution in [-0.4, -0.2) is 32.6 Å². The molecule has 0 unspecified atom stereocenters. The SMILES string of the molecule is CON=Cc1ccc(C(=O)NCOCCC#N)cc1. The van der Waals surface area contributed by atoms with E-state index in [-0.39, 0.29) is 12.6 Å². The number of oxime groups is 1. The van der Waals surface area contributed by atoms with Gasteiger partial charge in [-0.25, -0.2) is 0 Å². The second-order valence-electron chi connectivity index (χ2n) is 3.51. The monoisotopic (exact) mass is 261 g/mol. The Labute approximate surface area is 111 Å². The molecule has 0 heterocycles. The molecule has 0 bridgehead atoms. The fraction of sp³-hybridized carbons (Fsp3) is 0.308. The van der Waals surface area contributed by atoms with Crippen LogP contribution in [0.1, 0.15) is 22.3 Å². The summed E-state index contributed by atoms with van der Waals surface area (Å²) < 4.78 is 5.05. The van der Waals surface area contributed by atoms with Crippen molar-refractivity contribution in [2.45, 2.75) is 6.42 Å². The van der Waals surface area contributed by atoms with E-state index in [1.807, 2.05) is 6.07 Å². The first-order valence-electron chi connectivity index (χ1n) is 5.67. The summed E-state index contributed by atoms with van der Waals surface area (Å²) in [6.07, 6.45) is 1.86. The summed E-state index contributed by atoms with van der Waals surface area (Å²) in [5.41, 5.74) is 1.36. The number of nitriles is 1. The van der Waals surface area contributed by atoms with Gasteiger partial charge in [0.2, 0.25) is 0 Å². The van der Waals surface area contributed by atoms with Crippen molar-refractivity contribution >= 4 is 12.1 Å². The van der Waals surface area contributed by atoms with Gasteiger partial charge in [-0.2, -0.15) is 5.26 Å². The van der Waals surface area contributed by atoms with Crippen molar-refractivity contribution in [3.63, 3.8) is 0 Å². The van der Waals surface area contributed by atoms with Gasteiger partial charge in [0.05, 0.1) is 25.3 Å². The van der Waals surface area contributed by atoms with Crippen molar-refractivity contribution in [3.05, 3.63) is 35.4 Å². The second kappa shape index (κ2) is 8.66. The Kier molecular flexibility index (Phi) is 6.69. The van der Waals surface area contributed by atoms with Gasteiger partial charge in [-0.1, -0.05) is 17.3 Å². The second-order valence-corrected chi connectivity index (χ2v) is 3.51. The summed E-state index contributed by atoms with van der Waals surface area (Å²) in [6, 6.07) is 8.83. The summed E-state index contributed by atoms with van der Waals surface area (Å²) in [5, 5.41) is 14.5. The Morgan fingerprint density at radius 1 is 1.47 bits per heavy atom. The molecule has 1 N–H and O–H groups in total. The van der Waals surface area contributed by atoms with Crippen LogP contribution < -0.4 is 5.32 Å². The molecule has 1 amide bonds. The van der Waals surface area contributed by atoms with Crippen LogP contribution in [0.3, 0.4) is 0 Å². The van der Waals surface area contributed by atoms with Gasteiger partial charge >= 0.3 is 0 Å². The summed E-state index contributed by atoms with van der Waals surface area (Å²) in [5.74, 6) is -0.229. The van der Waals surface area contributed by atoms with E-state index in [0.717, 1.165) is 5.56 Å². The zero-order chi connectivity index (χ0) is 13.9. The number of carbonyl (C=O) groups is 1. The van der Waals surface area contributed by atoms with Gasteiger partial charge < -0.3 is 14.9 Å². The molecule has 6 heteroatoms. The molecule has 0 radical (unpaired) electrons. The molecule has 0 aliphatic heterocycles. The van der Waals surface area contributed by atoms with Crippen LogP contribution in [0, 0.1) is 11.3 Å². The molecule has 0 atom stereocenters. The number of nitrogens with one attached hydrogen (secondary N) is 1. The summed E-state index contributed by atoms with van der Waals surface area (Å²) in [6.45, 7) is 0.399. The third kappa shape index (κ3) is 5.66. The van der Waals surface area contributed by atoms with Crippen molar-refractivity contribution in [2.24, 2.45) is 5.16 Å². The number of hydrogen-bond acceptors (Lipinski definition) is 5. The van der Waals surface area contributed by atoms with E-state index in [4.69, 9.17) is 10.00 Å². The van der Waals surface area contributed by atoms with Crippen molar-refractivity contribution in [1.82, 2.24) is 5.32 Å². The number of hydrogen-bond donors (Lipinski definition) is 1. The molecule has 0 aromatic heterocycles. The van der Waals surface area contributed by atoms with Crippen molar-refractivity contribution in [1.29, 1.82) is 5.26 Å². The minimum atomic E-state index is -0.229. The Morgan fingerprint density at radius 3 is 2.84 bits per heavy atom. The van der Waals surface area contributed by atoms with E-state index >= 15 is 0 Å². The minimum Gasteiger partial charge on any atom is -0.399 e. The van der Waals surface area contributed by atoms with Gasteiger partial charge in [0.25, 0.3) is 5.91 Å². The van der Waals surface area contributed by atoms with Crippen LogP contribution in [0.2, 0.25) is 0 Å². The van der Waals surface area contributed by atoms with Gasteiger partial charge in [-0.15, -0.1) is 0 Å². The summed E-state index contributed by atoms with van der Waals surface area (Å²) in [7, 11) is 1.46. The molecule has 0 fully saturated rings. The number of amides is 1. The highest BCUT2D eigenvalue weighted by molar-refractivity contribution is 5.94. The highest BCUT2D eigenvalue weighted by Crippen LogP contribution is 2.02. The molecule has 0 aliphatic rings. The highest BCUT2D eigenvalue weighted by Gasteiger charge is 2.03. The smallest absolute Gasteiger partial charge is 0.253 e. The molecule has 6 nitrogen and oxygen atoms in total. The van der Waals surface area contributed by atoms with Crippen LogP contribution in [0.4, 0.5) is 0 Å². The standard InChI is InChI=1S/C13H15N3O3/c1-18-16-9-11-3-5-12(6-4-11)13(17)15-10-19-8-2-7-14/h3-6,9H,2,8,10H2,1H3,(H,15,17). The minimum absolute atomic E-state index is 0.0907. The molecule has 100 valence electrons. The molecule has 1 rings (SSSR count). The van der Waals surface area contributed by atoms with Gasteiger partial charge in [0.1, 0.15) is 13.8 Å². The Hall–Kier alpha value is -2.39. The molecule has 1 aromatic rings. The lowest BCUT2D eigenvalue weighted by molar-refractivity contribution is 0.0803. The third-order valence-corrected chi connectivity index (χ3v) is 2.17. The number of carbonyl (C=O) groups excluding carboxylic acids is 1. The maximum Gasteiger partial charge on any atom is 0.253 e. The number of benzene rings is 1. The van der Waals surface area contributed by atoms with E-state index in [2.05, 4.69) is 15.3 Å². The van der Waals surface area contributed by atoms with Gasteiger partial charge in [-0.3, -0.25) is 4.79 Å². The molecule has 0 spiro atoms. The Morgan fingerprint density at radius 2 is 2.21 bits per heavy atom. The lowest BCUT2D eigenvalue weighted by Gasteiger charge is -2.05. The fourth-order valence-electron chi connectivity index (χ4n) is 1.24. The normalized spacial score (nSPS) is 10.1. The molecule has 0 aliphatic carbocycles. The van der Waals surface area contributed by atoms with E-state index < -0.39 is 0 Å². The quantitative estimate of drug-likeness (QED) is 0.347. The lowest BCUT2D eigenvalue weighted by atomic mass is 10.1. The van der Waals surface area contributed by atoms with Crippen LogP contribution in [0.5, 0.6) is 0 Å². The summed E-state index contributed by atoms with van der Waals surface area (Å²) in [4.78, 5) is 16.2. The zero-order valence-electron chi connectivity index (χ0n) is 10.6. The highest BCUT2D eigenvalue weighted by atomic mass is 16.6. The predicted molar refractivity (Wildman–Crippen MR) is 69.6 cm³/mol. The number of ether oxygens (including phenoxy) is 1. The zero-order valence-corrected chi connectivity index (χ0v) is 10.6. The van der Waals surface area contributed by atoms with E-state index in [1.165, 1.54) is 7.11 Å². The predicted octanol–water partition coefficient (Wildman–Crippen LogP) is 1.28. The van der Waals surface area contributed by atoms with E-state index in [0.29, 0.717) is 18.6 Å². The average Bonchev–Trinajstić information content (AvgIpc) is 2.45. The van der Waals surface area contributed by atoms with E-state index in [1.54, 1.807) is 30.5 Å². The Balaban J connectivity index is 2.40. The molecule has 0 saturated carbocycles. The maximum atomic E-state index is 11.7. The largest absolute Gasteiger partial charge is 0.399 e. The van der Waals surface area contributed by atoms with Crippen LogP contribution >= 0.6 is 0 Å². The molecular formula is C13H15N3O3. The van der Waals surface area contributed by atoms with Crippen LogP contribution in [-0.2, 0) is 9.57 Å². The van der Waals surface area contributed by atoms with Crippen LogP contribution in [0.25, 0.3) is 0 Å². The van der Waals surface area contributed by atoms with Crippen molar-refractivity contribution in [2.75, 3.05) is 20.4 Å². The lowest BCUT2D eigenvalue weighted by Crippen LogP contribution is -2.26. The van der Waals surface area contributed by atoms with Gasteiger partial charge in [0, 0.05) is 5.56 Å². The number of rotatable bonds is 7. The van der Waals surface area contributed by atoms with Gasteiger partial charge in [-0.05, 0) is 17.7 Å². The van der Waals surface area contributed by atoms with Gasteiger partial charge in [0.15, 0.2) is 0 Å². The van der Waals surface area contributed by atoms with E-state index in [9.17, 15) is 4.79 Å².